The van der Waals surface area contributed by atoms with Crippen molar-refractivity contribution in [3.05, 3.63) is 11.6 Å². The van der Waals surface area contributed by atoms with Gasteiger partial charge in [0.1, 0.15) is 0 Å². The summed E-state index contributed by atoms with van der Waals surface area (Å²) in [6, 6.07) is 0. The van der Waals surface area contributed by atoms with Gasteiger partial charge in [0.25, 0.3) is 11.8 Å². The molecule has 0 fully saturated rings. The summed E-state index contributed by atoms with van der Waals surface area (Å²) in [7, 11) is 0. The number of rotatable bonds is 5. The van der Waals surface area contributed by atoms with Gasteiger partial charge in [0, 0.05) is 23.6 Å². The predicted molar refractivity (Wildman–Crippen MR) is 60.6 cm³/mol. The Labute approximate surface area is 95.9 Å². The fourth-order valence-corrected chi connectivity index (χ4v) is 1.87. The molecule has 1 rings (SSSR count). The van der Waals surface area contributed by atoms with E-state index in [2.05, 4.69) is 0 Å². The molecule has 1 heterocycles. The van der Waals surface area contributed by atoms with Crippen molar-refractivity contribution in [2.24, 2.45) is 5.41 Å². The third-order valence-electron chi connectivity index (χ3n) is 3.52. The minimum Gasteiger partial charge on any atom is -0.396 e. The van der Waals surface area contributed by atoms with Crippen LogP contribution in [0.15, 0.2) is 11.6 Å². The van der Waals surface area contributed by atoms with Crippen LogP contribution < -0.4 is 0 Å². The van der Waals surface area contributed by atoms with E-state index in [1.54, 1.807) is 6.92 Å². The highest BCUT2D eigenvalue weighted by molar-refractivity contribution is 6.15. The summed E-state index contributed by atoms with van der Waals surface area (Å²) in [5.41, 5.74) is 0.119. The summed E-state index contributed by atoms with van der Waals surface area (Å²) in [6.45, 7) is 5.87. The normalized spacial score (nSPS) is 17.0. The minimum atomic E-state index is -0.357. The number of nitrogens with zero attached hydrogens (tertiary/aromatic N) is 1. The second-order valence-electron chi connectivity index (χ2n) is 4.42. The predicted octanol–water partition coefficient (Wildman–Crippen LogP) is 1.10. The minimum absolute atomic E-state index is 0.00386. The smallest absolute Gasteiger partial charge is 0.256 e. The van der Waals surface area contributed by atoms with Gasteiger partial charge >= 0.3 is 0 Å². The third-order valence-corrected chi connectivity index (χ3v) is 3.52. The van der Waals surface area contributed by atoms with Gasteiger partial charge in [0.2, 0.25) is 0 Å². The Morgan fingerprint density at radius 3 is 2.19 bits per heavy atom. The number of aliphatic hydroxyl groups excluding tert-OH is 1. The van der Waals surface area contributed by atoms with Gasteiger partial charge in [0.05, 0.1) is 6.61 Å². The van der Waals surface area contributed by atoms with E-state index < -0.39 is 0 Å². The molecule has 0 atom stereocenters. The fraction of sp³-hybridized carbons (Fsp3) is 0.667. The van der Waals surface area contributed by atoms with Crippen LogP contribution in [0.5, 0.6) is 0 Å². The first kappa shape index (κ1) is 12.9. The van der Waals surface area contributed by atoms with Crippen LogP contribution >= 0.6 is 0 Å². The Morgan fingerprint density at radius 2 is 1.88 bits per heavy atom. The maximum Gasteiger partial charge on any atom is 0.256 e. The van der Waals surface area contributed by atoms with Crippen LogP contribution in [0.1, 0.15) is 33.6 Å². The van der Waals surface area contributed by atoms with Crippen molar-refractivity contribution in [1.82, 2.24) is 4.90 Å². The summed E-state index contributed by atoms with van der Waals surface area (Å²) < 4.78 is 0. The zero-order valence-corrected chi connectivity index (χ0v) is 10.1. The summed E-state index contributed by atoms with van der Waals surface area (Å²) in [5.74, 6) is -0.494. The van der Waals surface area contributed by atoms with Gasteiger partial charge in [-0.3, -0.25) is 14.5 Å². The number of hydrogen-bond acceptors (Lipinski definition) is 3. The summed E-state index contributed by atoms with van der Waals surface area (Å²) in [5, 5.41) is 9.41. The summed E-state index contributed by atoms with van der Waals surface area (Å²) in [4.78, 5) is 24.5. The topological polar surface area (TPSA) is 57.6 Å². The number of carbonyl (C=O) groups is 2. The van der Waals surface area contributed by atoms with Crippen LogP contribution in [0.25, 0.3) is 0 Å². The van der Waals surface area contributed by atoms with Gasteiger partial charge in [-0.15, -0.1) is 0 Å². The lowest BCUT2D eigenvalue weighted by Crippen LogP contribution is -2.43. The molecule has 0 bridgehead atoms. The van der Waals surface area contributed by atoms with Crippen molar-refractivity contribution >= 4 is 11.8 Å². The van der Waals surface area contributed by atoms with E-state index in [-0.39, 0.29) is 23.8 Å². The Balaban J connectivity index is 2.82. The van der Waals surface area contributed by atoms with Crippen molar-refractivity contribution in [3.8, 4) is 0 Å². The quantitative estimate of drug-likeness (QED) is 0.713. The maximum absolute atomic E-state index is 11.7. The molecular weight excluding hydrogens is 206 g/mol. The van der Waals surface area contributed by atoms with Crippen LogP contribution in [0.2, 0.25) is 0 Å². The van der Waals surface area contributed by atoms with Gasteiger partial charge in [-0.2, -0.15) is 0 Å². The molecule has 4 nitrogen and oxygen atoms in total. The Bertz CT molecular complexity index is 321. The highest BCUT2D eigenvalue weighted by Crippen LogP contribution is 2.28. The molecule has 90 valence electrons. The van der Waals surface area contributed by atoms with E-state index in [1.807, 2.05) is 13.8 Å². The molecule has 16 heavy (non-hydrogen) atoms. The highest BCUT2D eigenvalue weighted by Gasteiger charge is 2.36. The van der Waals surface area contributed by atoms with E-state index in [0.29, 0.717) is 12.1 Å². The van der Waals surface area contributed by atoms with E-state index >= 15 is 0 Å². The van der Waals surface area contributed by atoms with Gasteiger partial charge in [-0.1, -0.05) is 13.8 Å². The Morgan fingerprint density at radius 1 is 1.31 bits per heavy atom. The molecule has 1 aliphatic heterocycles. The molecule has 0 aliphatic carbocycles. The molecule has 4 heteroatoms. The molecule has 0 aromatic rings. The first-order valence-electron chi connectivity index (χ1n) is 5.64. The fourth-order valence-electron chi connectivity index (χ4n) is 1.87. The van der Waals surface area contributed by atoms with Gasteiger partial charge in [-0.25, -0.2) is 0 Å². The number of amides is 2. The Hall–Kier alpha value is -1.16. The van der Waals surface area contributed by atoms with Gasteiger partial charge in [-0.05, 0) is 19.8 Å². The third kappa shape index (κ3) is 2.16. The Kier molecular flexibility index (Phi) is 3.86. The van der Waals surface area contributed by atoms with E-state index in [1.165, 1.54) is 11.0 Å². The zero-order chi connectivity index (χ0) is 12.3. The lowest BCUT2D eigenvalue weighted by atomic mass is 9.82. The van der Waals surface area contributed by atoms with Crippen LogP contribution in [-0.2, 0) is 9.59 Å². The first-order valence-corrected chi connectivity index (χ1v) is 5.64. The molecule has 0 spiro atoms. The van der Waals surface area contributed by atoms with Crippen molar-refractivity contribution in [1.29, 1.82) is 0 Å². The van der Waals surface area contributed by atoms with Crippen molar-refractivity contribution < 1.29 is 14.7 Å². The van der Waals surface area contributed by atoms with Gasteiger partial charge in [0.15, 0.2) is 0 Å². The number of imide groups is 1. The zero-order valence-electron chi connectivity index (χ0n) is 10.1. The molecule has 0 radical (unpaired) electrons. The molecule has 0 unspecified atom stereocenters. The van der Waals surface area contributed by atoms with E-state index in [9.17, 15) is 14.7 Å². The number of carbonyl (C=O) groups excluding carboxylic acids is 2. The second-order valence-corrected chi connectivity index (χ2v) is 4.42. The lowest BCUT2D eigenvalue weighted by Gasteiger charge is -2.33. The average Bonchev–Trinajstić information content (AvgIpc) is 2.52. The number of hydrogen-bond donors (Lipinski definition) is 1. The standard InChI is InChI=1S/C12H19NO3/c1-4-12(5-2,8-14)7-13-10(15)6-9(3)11(13)16/h6,14H,4-5,7-8H2,1-3H3. The van der Waals surface area contributed by atoms with Crippen molar-refractivity contribution in [2.75, 3.05) is 13.2 Å². The summed E-state index contributed by atoms with van der Waals surface area (Å²) in [6.07, 6.45) is 2.85. The van der Waals surface area contributed by atoms with Crippen molar-refractivity contribution in [3.63, 3.8) is 0 Å². The average molecular weight is 225 g/mol. The van der Waals surface area contributed by atoms with Crippen LogP contribution in [0.3, 0.4) is 0 Å². The van der Waals surface area contributed by atoms with Crippen LogP contribution in [-0.4, -0.2) is 35.0 Å². The van der Waals surface area contributed by atoms with E-state index in [0.717, 1.165) is 12.8 Å². The monoisotopic (exact) mass is 225 g/mol. The largest absolute Gasteiger partial charge is 0.396 e. The van der Waals surface area contributed by atoms with Crippen molar-refractivity contribution in [2.45, 2.75) is 33.6 Å². The van der Waals surface area contributed by atoms with Crippen LogP contribution in [0.4, 0.5) is 0 Å². The maximum atomic E-state index is 11.7. The molecular formula is C12H19NO3. The molecule has 0 aromatic heterocycles. The second kappa shape index (κ2) is 4.78. The lowest BCUT2D eigenvalue weighted by molar-refractivity contribution is -0.139. The summed E-state index contributed by atoms with van der Waals surface area (Å²) >= 11 is 0. The van der Waals surface area contributed by atoms with Crippen LogP contribution in [0, 0.1) is 5.41 Å². The molecule has 0 saturated carbocycles. The van der Waals surface area contributed by atoms with E-state index in [4.69, 9.17) is 0 Å². The highest BCUT2D eigenvalue weighted by atomic mass is 16.3. The molecule has 0 aromatic carbocycles. The SMILES string of the molecule is CCC(CC)(CO)CN1C(=O)C=C(C)C1=O. The molecule has 1 N–H and O–H groups in total. The molecule has 1 aliphatic rings. The first-order chi connectivity index (χ1) is 7.49. The molecule has 0 saturated heterocycles. The molecule has 2 amide bonds. The van der Waals surface area contributed by atoms with Gasteiger partial charge < -0.3 is 5.11 Å². The number of aliphatic hydroxyl groups is 1.